The lowest BCUT2D eigenvalue weighted by molar-refractivity contribution is -0.157. The molecule has 0 bridgehead atoms. The normalized spacial score (nSPS) is 33.2. The lowest BCUT2D eigenvalue weighted by Gasteiger charge is -2.26. The van der Waals surface area contributed by atoms with Gasteiger partial charge < -0.3 is 14.2 Å². The van der Waals surface area contributed by atoms with E-state index in [-0.39, 0.29) is 6.61 Å². The fourth-order valence-electron chi connectivity index (χ4n) is 2.23. The van der Waals surface area contributed by atoms with Crippen LogP contribution in [0.3, 0.4) is 0 Å². The molecule has 19 heavy (non-hydrogen) atoms. The van der Waals surface area contributed by atoms with E-state index in [1.54, 1.807) is 0 Å². The average molecular weight is 261 g/mol. The molecule has 0 spiro atoms. The van der Waals surface area contributed by atoms with E-state index in [9.17, 15) is 4.79 Å². The summed E-state index contributed by atoms with van der Waals surface area (Å²) in [6.45, 7) is 0.115. The van der Waals surface area contributed by atoms with Crippen molar-refractivity contribution in [3.8, 4) is 0 Å². The van der Waals surface area contributed by atoms with E-state index in [2.05, 4.69) is 10.0 Å². The molecule has 4 unspecified atom stereocenters. The van der Waals surface area contributed by atoms with Crippen molar-refractivity contribution in [3.63, 3.8) is 0 Å². The Morgan fingerprint density at radius 2 is 2.05 bits per heavy atom. The molecule has 0 N–H and O–H groups in total. The van der Waals surface area contributed by atoms with Crippen LogP contribution in [0.5, 0.6) is 0 Å². The van der Waals surface area contributed by atoms with Crippen LogP contribution in [0.2, 0.25) is 0 Å². The van der Waals surface area contributed by atoms with E-state index >= 15 is 0 Å². The molecular formula is C12H11N3O4. The van der Waals surface area contributed by atoms with Gasteiger partial charge in [-0.3, -0.25) is 4.79 Å². The van der Waals surface area contributed by atoms with Crippen LogP contribution in [0.4, 0.5) is 0 Å². The highest BCUT2D eigenvalue weighted by molar-refractivity contribution is 5.77. The van der Waals surface area contributed by atoms with Gasteiger partial charge in [-0.2, -0.15) is 0 Å². The third-order valence-corrected chi connectivity index (χ3v) is 3.14. The number of rotatable bonds is 2. The van der Waals surface area contributed by atoms with Crippen LogP contribution < -0.4 is 0 Å². The molecule has 2 aliphatic rings. The molecule has 2 aliphatic heterocycles. The van der Waals surface area contributed by atoms with Gasteiger partial charge in [-0.05, 0) is 5.53 Å². The summed E-state index contributed by atoms with van der Waals surface area (Å²) in [6.07, 6.45) is -1.57. The molecule has 0 amide bonds. The minimum atomic E-state index is -0.988. The fourth-order valence-corrected chi connectivity index (χ4v) is 2.23. The van der Waals surface area contributed by atoms with Gasteiger partial charge in [0.2, 0.25) is 0 Å². The smallest absolute Gasteiger partial charge is 0.317 e. The van der Waals surface area contributed by atoms with Crippen molar-refractivity contribution in [2.24, 2.45) is 5.11 Å². The first-order valence-corrected chi connectivity index (χ1v) is 5.86. The van der Waals surface area contributed by atoms with Gasteiger partial charge in [-0.25, -0.2) is 0 Å². The first-order chi connectivity index (χ1) is 9.29. The van der Waals surface area contributed by atoms with Gasteiger partial charge in [0.15, 0.2) is 12.3 Å². The summed E-state index contributed by atoms with van der Waals surface area (Å²) >= 11 is 0. The molecule has 4 atom stereocenters. The third-order valence-electron chi connectivity index (χ3n) is 3.14. The average Bonchev–Trinajstić information content (AvgIpc) is 2.87. The van der Waals surface area contributed by atoms with Crippen LogP contribution in [-0.4, -0.2) is 30.8 Å². The maximum Gasteiger partial charge on any atom is 0.317 e. The van der Waals surface area contributed by atoms with Crippen LogP contribution in [0, 0.1) is 0 Å². The van der Waals surface area contributed by atoms with Crippen molar-refractivity contribution in [3.05, 3.63) is 46.3 Å². The predicted molar refractivity (Wildman–Crippen MR) is 62.8 cm³/mol. The van der Waals surface area contributed by atoms with Crippen LogP contribution in [-0.2, 0) is 19.0 Å². The molecule has 1 aromatic rings. The highest BCUT2D eigenvalue weighted by atomic mass is 16.7. The summed E-state index contributed by atoms with van der Waals surface area (Å²) in [7, 11) is 0. The molecular weight excluding hydrogens is 250 g/mol. The molecule has 0 saturated carbocycles. The Bertz CT molecular complexity index is 529. The second-order valence-electron chi connectivity index (χ2n) is 4.30. The lowest BCUT2D eigenvalue weighted by Crippen LogP contribution is -2.47. The first-order valence-electron chi connectivity index (χ1n) is 5.86. The molecule has 1 aromatic carbocycles. The number of azide groups is 1. The predicted octanol–water partition coefficient (Wildman–Crippen LogP) is 1.70. The van der Waals surface area contributed by atoms with Crippen molar-refractivity contribution in [1.82, 2.24) is 0 Å². The van der Waals surface area contributed by atoms with Crippen molar-refractivity contribution < 1.29 is 19.0 Å². The number of benzene rings is 1. The third kappa shape index (κ3) is 2.15. The molecule has 98 valence electrons. The van der Waals surface area contributed by atoms with Crippen LogP contribution in [0.15, 0.2) is 35.4 Å². The maximum atomic E-state index is 11.5. The lowest BCUT2D eigenvalue weighted by atomic mass is 10.0. The zero-order valence-corrected chi connectivity index (χ0v) is 9.88. The molecule has 2 fully saturated rings. The Kier molecular flexibility index (Phi) is 3.08. The quantitative estimate of drug-likeness (QED) is 0.350. The Morgan fingerprint density at radius 3 is 2.79 bits per heavy atom. The molecule has 2 heterocycles. The van der Waals surface area contributed by atoms with Crippen LogP contribution >= 0.6 is 0 Å². The van der Waals surface area contributed by atoms with Crippen molar-refractivity contribution in [1.29, 1.82) is 0 Å². The van der Waals surface area contributed by atoms with E-state index in [1.807, 2.05) is 30.3 Å². The number of hydrogen-bond acceptors (Lipinski definition) is 5. The van der Waals surface area contributed by atoms with E-state index in [1.165, 1.54) is 0 Å². The van der Waals surface area contributed by atoms with Gasteiger partial charge in [0.1, 0.15) is 18.8 Å². The number of cyclic esters (lactones) is 1. The topological polar surface area (TPSA) is 93.5 Å². The zero-order chi connectivity index (χ0) is 13.2. The molecule has 3 rings (SSSR count). The standard InChI is InChI=1S/C12H11N3O4/c13-15-14-9-10-8(6-17-11(9)16)18-12(19-10)7-4-2-1-3-5-7/h1-5,8-10,12H,6H2. The maximum absolute atomic E-state index is 11.5. The van der Waals surface area contributed by atoms with Gasteiger partial charge in [0.25, 0.3) is 0 Å². The number of ether oxygens (including phenoxy) is 3. The summed E-state index contributed by atoms with van der Waals surface area (Å²) in [6, 6.07) is 8.38. The van der Waals surface area contributed by atoms with Crippen molar-refractivity contribution in [2.75, 3.05) is 6.61 Å². The van der Waals surface area contributed by atoms with Gasteiger partial charge in [0.05, 0.1) is 0 Å². The second kappa shape index (κ2) is 4.89. The Hall–Kier alpha value is -2.08. The van der Waals surface area contributed by atoms with Gasteiger partial charge in [0, 0.05) is 10.5 Å². The monoisotopic (exact) mass is 261 g/mol. The van der Waals surface area contributed by atoms with E-state index in [0.29, 0.717) is 0 Å². The summed E-state index contributed by atoms with van der Waals surface area (Å²) in [5, 5.41) is 3.44. The Balaban J connectivity index is 1.83. The van der Waals surface area contributed by atoms with Gasteiger partial charge in [-0.15, -0.1) is 0 Å². The molecule has 7 nitrogen and oxygen atoms in total. The number of hydrogen-bond donors (Lipinski definition) is 0. The van der Waals surface area contributed by atoms with E-state index in [4.69, 9.17) is 19.7 Å². The molecule has 7 heteroatoms. The Morgan fingerprint density at radius 1 is 1.26 bits per heavy atom. The highest BCUT2D eigenvalue weighted by Crippen LogP contribution is 2.35. The van der Waals surface area contributed by atoms with E-state index < -0.39 is 30.5 Å². The van der Waals surface area contributed by atoms with Crippen molar-refractivity contribution >= 4 is 5.97 Å². The number of carbonyl (C=O) groups is 1. The summed E-state index contributed by atoms with van der Waals surface area (Å²) < 4.78 is 16.3. The highest BCUT2D eigenvalue weighted by Gasteiger charge is 2.48. The summed E-state index contributed by atoms with van der Waals surface area (Å²) in [4.78, 5) is 14.2. The first kappa shape index (κ1) is 12.0. The number of nitrogens with zero attached hydrogens (tertiary/aromatic N) is 3. The molecule has 0 radical (unpaired) electrons. The van der Waals surface area contributed by atoms with Crippen LogP contribution in [0.25, 0.3) is 10.4 Å². The van der Waals surface area contributed by atoms with Gasteiger partial charge in [-0.1, -0.05) is 35.4 Å². The fraction of sp³-hybridized carbons (Fsp3) is 0.417. The van der Waals surface area contributed by atoms with E-state index in [0.717, 1.165) is 5.56 Å². The van der Waals surface area contributed by atoms with Gasteiger partial charge >= 0.3 is 5.97 Å². The number of fused-ring (bicyclic) bond motifs is 1. The Labute approximate surface area is 108 Å². The van der Waals surface area contributed by atoms with Crippen LogP contribution in [0.1, 0.15) is 11.9 Å². The minimum Gasteiger partial charge on any atom is -0.462 e. The number of carbonyl (C=O) groups excluding carboxylic acids is 1. The summed E-state index contributed by atoms with van der Waals surface area (Å²) in [5.74, 6) is -0.573. The summed E-state index contributed by atoms with van der Waals surface area (Å²) in [5.41, 5.74) is 9.34. The molecule has 0 aromatic heterocycles. The SMILES string of the molecule is [N-]=[N+]=NC1C(=O)OCC2OC(c3ccccc3)OC21. The largest absolute Gasteiger partial charge is 0.462 e. The molecule has 0 aliphatic carbocycles. The number of esters is 1. The van der Waals surface area contributed by atoms with Crippen molar-refractivity contribution in [2.45, 2.75) is 24.5 Å². The second-order valence-corrected chi connectivity index (χ2v) is 4.30. The molecule has 2 saturated heterocycles. The minimum absolute atomic E-state index is 0.115. The zero-order valence-electron chi connectivity index (χ0n) is 9.88.